The predicted molar refractivity (Wildman–Crippen MR) is 104 cm³/mol. The van der Waals surface area contributed by atoms with Crippen molar-refractivity contribution in [2.24, 2.45) is 0 Å². The Morgan fingerprint density at radius 2 is 1.93 bits per heavy atom. The molecule has 1 N–H and O–H groups in total. The summed E-state index contributed by atoms with van der Waals surface area (Å²) in [5.74, 6) is -0.827. The number of alkyl halides is 3. The molecule has 0 saturated heterocycles. The number of aromatic nitrogens is 3. The highest BCUT2D eigenvalue weighted by molar-refractivity contribution is 7.15. The summed E-state index contributed by atoms with van der Waals surface area (Å²) in [4.78, 5) is 17.2. The monoisotopic (exact) mass is 434 g/mol. The summed E-state index contributed by atoms with van der Waals surface area (Å²) in [5.41, 5.74) is -0.130. The van der Waals surface area contributed by atoms with Crippen LogP contribution in [0.2, 0.25) is 0 Å². The summed E-state index contributed by atoms with van der Waals surface area (Å²) in [6.07, 6.45) is -4.27. The van der Waals surface area contributed by atoms with Crippen molar-refractivity contribution in [3.63, 3.8) is 0 Å². The van der Waals surface area contributed by atoms with Crippen molar-refractivity contribution >= 4 is 22.2 Å². The van der Waals surface area contributed by atoms with Crippen molar-refractivity contribution in [3.8, 4) is 11.4 Å². The van der Waals surface area contributed by atoms with Gasteiger partial charge in [-0.05, 0) is 24.3 Å². The highest BCUT2D eigenvalue weighted by atomic mass is 32.1. The minimum Gasteiger partial charge on any atom is -0.352 e. The number of amides is 1. The van der Waals surface area contributed by atoms with Crippen LogP contribution in [0.5, 0.6) is 0 Å². The molecule has 0 fully saturated rings. The topological polar surface area (TPSA) is 59.3 Å². The second-order valence-corrected chi connectivity index (χ2v) is 7.25. The second kappa shape index (κ2) is 7.86. The fourth-order valence-electron chi connectivity index (χ4n) is 2.97. The quantitative estimate of drug-likeness (QED) is 0.468. The van der Waals surface area contributed by atoms with Gasteiger partial charge in [-0.1, -0.05) is 24.3 Å². The average molecular weight is 434 g/mol. The highest BCUT2D eigenvalue weighted by Crippen LogP contribution is 2.31. The maximum atomic E-state index is 13.4. The van der Waals surface area contributed by atoms with Gasteiger partial charge >= 0.3 is 6.18 Å². The van der Waals surface area contributed by atoms with Crippen molar-refractivity contribution in [1.82, 2.24) is 19.9 Å². The SMILES string of the molecule is O=C(NCCc1csc2nc(-c3cccc(F)c3)nn12)c1ccccc1C(F)(F)F. The number of hydrogen-bond donors (Lipinski definition) is 1. The Balaban J connectivity index is 1.47. The molecule has 0 aliphatic rings. The van der Waals surface area contributed by atoms with Crippen LogP contribution in [0.25, 0.3) is 16.3 Å². The molecule has 4 rings (SSSR count). The van der Waals surface area contributed by atoms with E-state index in [9.17, 15) is 22.4 Å². The Bertz CT molecular complexity index is 1210. The van der Waals surface area contributed by atoms with Gasteiger partial charge in [0.25, 0.3) is 5.91 Å². The van der Waals surface area contributed by atoms with Crippen molar-refractivity contribution < 1.29 is 22.4 Å². The summed E-state index contributed by atoms with van der Waals surface area (Å²) < 4.78 is 54.2. The van der Waals surface area contributed by atoms with E-state index in [0.717, 1.165) is 17.8 Å². The molecular formula is C20H14F4N4OS. The van der Waals surface area contributed by atoms with Gasteiger partial charge in [-0.2, -0.15) is 18.2 Å². The first-order chi connectivity index (χ1) is 14.3. The van der Waals surface area contributed by atoms with Crippen LogP contribution in [-0.2, 0) is 12.6 Å². The highest BCUT2D eigenvalue weighted by Gasteiger charge is 2.34. The molecule has 0 spiro atoms. The van der Waals surface area contributed by atoms with Gasteiger partial charge in [0, 0.05) is 23.9 Å². The molecule has 2 aromatic carbocycles. The zero-order chi connectivity index (χ0) is 21.3. The Morgan fingerprint density at radius 1 is 1.13 bits per heavy atom. The second-order valence-electron chi connectivity index (χ2n) is 6.42. The fourth-order valence-corrected chi connectivity index (χ4v) is 3.83. The number of rotatable bonds is 5. The number of carbonyl (C=O) groups excluding carboxylic acids is 1. The van der Waals surface area contributed by atoms with Crippen molar-refractivity contribution in [3.05, 3.63) is 76.5 Å². The van der Waals surface area contributed by atoms with Crippen molar-refractivity contribution in [1.29, 1.82) is 0 Å². The summed E-state index contributed by atoms with van der Waals surface area (Å²) in [6, 6.07) is 10.6. The number of nitrogens with one attached hydrogen (secondary N) is 1. The van der Waals surface area contributed by atoms with E-state index in [0.29, 0.717) is 22.8 Å². The van der Waals surface area contributed by atoms with Gasteiger partial charge in [-0.3, -0.25) is 4.79 Å². The van der Waals surface area contributed by atoms with Crippen LogP contribution in [0.15, 0.2) is 53.9 Å². The van der Waals surface area contributed by atoms with Crippen LogP contribution in [0, 0.1) is 5.82 Å². The van der Waals surface area contributed by atoms with Crippen molar-refractivity contribution in [2.75, 3.05) is 6.54 Å². The lowest BCUT2D eigenvalue weighted by atomic mass is 10.1. The van der Waals surface area contributed by atoms with Crippen LogP contribution in [0.4, 0.5) is 17.6 Å². The number of thiazole rings is 1. The summed E-state index contributed by atoms with van der Waals surface area (Å²) in [5, 5.41) is 8.70. The fraction of sp³-hybridized carbons (Fsp3) is 0.150. The number of benzene rings is 2. The molecule has 0 saturated carbocycles. The largest absolute Gasteiger partial charge is 0.417 e. The third-order valence-corrected chi connectivity index (χ3v) is 5.24. The van der Waals surface area contributed by atoms with Crippen LogP contribution >= 0.6 is 11.3 Å². The first kappa shape index (κ1) is 20.0. The molecule has 5 nitrogen and oxygen atoms in total. The Hall–Kier alpha value is -3.27. The molecule has 2 heterocycles. The molecule has 30 heavy (non-hydrogen) atoms. The zero-order valence-electron chi connectivity index (χ0n) is 15.3. The minimum atomic E-state index is -4.61. The average Bonchev–Trinajstić information content (AvgIpc) is 3.29. The lowest BCUT2D eigenvalue weighted by Crippen LogP contribution is -2.28. The Kier molecular flexibility index (Phi) is 5.25. The van der Waals surface area contributed by atoms with Crippen LogP contribution in [0.3, 0.4) is 0 Å². The normalized spacial score (nSPS) is 11.7. The number of hydrogen-bond acceptors (Lipinski definition) is 4. The maximum Gasteiger partial charge on any atom is 0.417 e. The van der Waals surface area contributed by atoms with Gasteiger partial charge in [-0.25, -0.2) is 8.91 Å². The van der Waals surface area contributed by atoms with E-state index in [-0.39, 0.29) is 6.54 Å². The number of fused-ring (bicyclic) bond motifs is 1. The number of nitrogens with zero attached hydrogens (tertiary/aromatic N) is 3. The molecule has 0 atom stereocenters. The number of carbonyl (C=O) groups is 1. The van der Waals surface area contributed by atoms with Gasteiger partial charge in [-0.15, -0.1) is 16.4 Å². The molecule has 1 amide bonds. The van der Waals surface area contributed by atoms with Gasteiger partial charge in [0.1, 0.15) is 5.82 Å². The van der Waals surface area contributed by atoms with Crippen LogP contribution in [-0.4, -0.2) is 27.0 Å². The van der Waals surface area contributed by atoms with Gasteiger partial charge in [0.2, 0.25) is 4.96 Å². The summed E-state index contributed by atoms with van der Waals surface area (Å²) >= 11 is 1.33. The maximum absolute atomic E-state index is 13.4. The first-order valence-corrected chi connectivity index (χ1v) is 9.74. The zero-order valence-corrected chi connectivity index (χ0v) is 16.1. The van der Waals surface area contributed by atoms with E-state index in [1.54, 1.807) is 22.0 Å². The van der Waals surface area contributed by atoms with E-state index < -0.39 is 29.0 Å². The van der Waals surface area contributed by atoms with Crippen molar-refractivity contribution in [2.45, 2.75) is 12.6 Å². The molecule has 0 unspecified atom stereocenters. The third-order valence-electron chi connectivity index (χ3n) is 4.38. The lowest BCUT2D eigenvalue weighted by Gasteiger charge is -2.12. The van der Waals surface area contributed by atoms with E-state index in [1.165, 1.54) is 35.6 Å². The standard InChI is InChI=1S/C20H14F4N4OS/c21-13-5-3-4-12(10-13)17-26-19-28(27-17)14(11-30-19)8-9-25-18(29)15-6-1-2-7-16(15)20(22,23)24/h1-7,10-11H,8-9H2,(H,25,29). The van der Waals surface area contributed by atoms with Gasteiger partial charge in [0.05, 0.1) is 16.8 Å². The first-order valence-electron chi connectivity index (χ1n) is 8.86. The van der Waals surface area contributed by atoms with E-state index in [4.69, 9.17) is 0 Å². The molecule has 0 aliphatic carbocycles. The molecule has 154 valence electrons. The molecule has 0 radical (unpaired) electrons. The van der Waals surface area contributed by atoms with E-state index >= 15 is 0 Å². The summed E-state index contributed by atoms with van der Waals surface area (Å²) in [6.45, 7) is 0.117. The van der Waals surface area contributed by atoms with Gasteiger partial charge < -0.3 is 5.32 Å². The van der Waals surface area contributed by atoms with E-state index in [1.807, 2.05) is 0 Å². The molecule has 10 heteroatoms. The minimum absolute atomic E-state index is 0.117. The van der Waals surface area contributed by atoms with Gasteiger partial charge in [0.15, 0.2) is 5.82 Å². The molecule has 4 aromatic rings. The Labute approximate surface area is 172 Å². The lowest BCUT2D eigenvalue weighted by molar-refractivity contribution is -0.137. The molecule has 0 bridgehead atoms. The summed E-state index contributed by atoms with van der Waals surface area (Å²) in [7, 11) is 0. The van der Waals surface area contributed by atoms with E-state index in [2.05, 4.69) is 15.4 Å². The van der Waals surface area contributed by atoms with Crippen LogP contribution in [0.1, 0.15) is 21.6 Å². The molecule has 0 aliphatic heterocycles. The smallest absolute Gasteiger partial charge is 0.352 e. The predicted octanol–water partition coefficient (Wildman–Crippen LogP) is 4.59. The third kappa shape index (κ3) is 4.04. The van der Waals surface area contributed by atoms with Crippen LogP contribution < -0.4 is 5.32 Å². The Morgan fingerprint density at radius 3 is 2.70 bits per heavy atom. The number of halogens is 4. The molecule has 2 aromatic heterocycles. The molecular weight excluding hydrogens is 420 g/mol.